The summed E-state index contributed by atoms with van der Waals surface area (Å²) in [4.78, 5) is 14.1. The van der Waals surface area contributed by atoms with Crippen molar-refractivity contribution in [3.8, 4) is 0 Å². The second-order valence-electron chi connectivity index (χ2n) is 5.56. The lowest BCUT2D eigenvalue weighted by molar-refractivity contribution is 0.195. The average Bonchev–Trinajstić information content (AvgIpc) is 2.16. The first-order valence-corrected chi connectivity index (χ1v) is 6.22. The number of amides is 2. The number of nitrogens with zero attached hydrogens (tertiary/aromatic N) is 1. The van der Waals surface area contributed by atoms with Gasteiger partial charge in [0.05, 0.1) is 0 Å². The molecule has 0 bridgehead atoms. The van der Waals surface area contributed by atoms with Crippen molar-refractivity contribution in [1.82, 2.24) is 15.5 Å². The van der Waals surface area contributed by atoms with Crippen LogP contribution in [0.1, 0.15) is 40.5 Å². The Morgan fingerprint density at radius 3 is 2.31 bits per heavy atom. The van der Waals surface area contributed by atoms with Gasteiger partial charge in [-0.3, -0.25) is 0 Å². The molecule has 0 spiro atoms. The molecule has 2 amide bonds. The Kier molecular flexibility index (Phi) is 4.59. The molecule has 4 nitrogen and oxygen atoms in total. The van der Waals surface area contributed by atoms with E-state index >= 15 is 0 Å². The van der Waals surface area contributed by atoms with E-state index in [0.717, 1.165) is 32.5 Å². The number of carbonyl (C=O) groups excluding carboxylic acids is 1. The fourth-order valence-corrected chi connectivity index (χ4v) is 1.96. The molecule has 16 heavy (non-hydrogen) atoms. The smallest absolute Gasteiger partial charge is 0.315 e. The molecule has 1 saturated heterocycles. The van der Waals surface area contributed by atoms with Crippen molar-refractivity contribution >= 4 is 6.03 Å². The summed E-state index contributed by atoms with van der Waals surface area (Å²) in [5, 5.41) is 5.97. The van der Waals surface area contributed by atoms with Gasteiger partial charge in [0.1, 0.15) is 0 Å². The number of hydrogen-bond donors (Lipinski definition) is 2. The Morgan fingerprint density at radius 2 is 1.88 bits per heavy atom. The van der Waals surface area contributed by atoms with E-state index < -0.39 is 0 Å². The number of rotatable bonds is 2. The van der Waals surface area contributed by atoms with Crippen molar-refractivity contribution in [2.24, 2.45) is 0 Å². The second kappa shape index (κ2) is 5.53. The molecular formula is C12H25N3O. The number of urea groups is 1. The Balaban J connectivity index is 2.26. The van der Waals surface area contributed by atoms with E-state index in [1.807, 2.05) is 20.8 Å². The Labute approximate surface area is 98.8 Å². The monoisotopic (exact) mass is 227 g/mol. The largest absolute Gasteiger partial charge is 0.335 e. The van der Waals surface area contributed by atoms with Crippen molar-refractivity contribution in [3.63, 3.8) is 0 Å². The molecule has 1 fully saturated rings. The maximum Gasteiger partial charge on any atom is 0.315 e. The van der Waals surface area contributed by atoms with Gasteiger partial charge in [0.2, 0.25) is 0 Å². The molecule has 0 aromatic heterocycles. The van der Waals surface area contributed by atoms with E-state index in [9.17, 15) is 4.79 Å². The minimum atomic E-state index is -0.159. The van der Waals surface area contributed by atoms with Crippen molar-refractivity contribution in [2.75, 3.05) is 19.6 Å². The molecule has 0 radical (unpaired) electrons. The van der Waals surface area contributed by atoms with Gasteiger partial charge >= 0.3 is 6.03 Å². The predicted octanol–water partition coefficient (Wildman–Crippen LogP) is 1.57. The molecule has 2 N–H and O–H groups in total. The van der Waals surface area contributed by atoms with E-state index in [1.165, 1.54) is 0 Å². The lowest BCUT2D eigenvalue weighted by Crippen LogP contribution is -2.52. The zero-order chi connectivity index (χ0) is 12.2. The number of hydrogen-bond acceptors (Lipinski definition) is 2. The van der Waals surface area contributed by atoms with Gasteiger partial charge in [0.15, 0.2) is 0 Å². The molecular weight excluding hydrogens is 202 g/mol. The molecule has 0 atom stereocenters. The van der Waals surface area contributed by atoms with Crippen LogP contribution in [0.25, 0.3) is 0 Å². The van der Waals surface area contributed by atoms with Crippen LogP contribution in [-0.2, 0) is 0 Å². The van der Waals surface area contributed by atoms with Crippen LogP contribution in [0, 0.1) is 0 Å². The molecule has 4 heteroatoms. The number of nitrogens with one attached hydrogen (secondary N) is 2. The first-order valence-electron chi connectivity index (χ1n) is 6.22. The standard InChI is InChI=1S/C12H25N3O/c1-5-15-8-6-10(7-9-15)13-11(16)14-12(2,3)4/h10H,5-9H2,1-4H3,(H2,13,14,16). The minimum Gasteiger partial charge on any atom is -0.335 e. The molecule has 0 aromatic rings. The lowest BCUT2D eigenvalue weighted by Gasteiger charge is -2.32. The summed E-state index contributed by atoms with van der Waals surface area (Å²) in [5.41, 5.74) is -0.159. The summed E-state index contributed by atoms with van der Waals surface area (Å²) in [7, 11) is 0. The van der Waals surface area contributed by atoms with Crippen LogP contribution >= 0.6 is 0 Å². The van der Waals surface area contributed by atoms with E-state index in [2.05, 4.69) is 22.5 Å². The third kappa shape index (κ3) is 4.84. The Morgan fingerprint density at radius 1 is 1.31 bits per heavy atom. The first-order chi connectivity index (χ1) is 7.40. The van der Waals surface area contributed by atoms with Crippen LogP contribution in [0.3, 0.4) is 0 Å². The van der Waals surface area contributed by atoms with Crippen LogP contribution < -0.4 is 10.6 Å². The first kappa shape index (κ1) is 13.3. The molecule has 94 valence electrons. The summed E-state index contributed by atoms with van der Waals surface area (Å²) in [5.74, 6) is 0. The van der Waals surface area contributed by atoms with Gasteiger partial charge in [-0.05, 0) is 40.2 Å². The van der Waals surface area contributed by atoms with Crippen molar-refractivity contribution in [3.05, 3.63) is 0 Å². The summed E-state index contributed by atoms with van der Waals surface area (Å²) in [6.45, 7) is 11.5. The predicted molar refractivity (Wildman–Crippen MR) is 66.6 cm³/mol. The van der Waals surface area contributed by atoms with Crippen molar-refractivity contribution in [2.45, 2.75) is 52.1 Å². The highest BCUT2D eigenvalue weighted by Crippen LogP contribution is 2.09. The third-order valence-corrected chi connectivity index (χ3v) is 2.86. The normalized spacial score (nSPS) is 19.5. The van der Waals surface area contributed by atoms with E-state index in [1.54, 1.807) is 0 Å². The highest BCUT2D eigenvalue weighted by molar-refractivity contribution is 5.74. The van der Waals surface area contributed by atoms with E-state index in [-0.39, 0.29) is 11.6 Å². The van der Waals surface area contributed by atoms with Crippen LogP contribution in [0.5, 0.6) is 0 Å². The quantitative estimate of drug-likeness (QED) is 0.752. The fraction of sp³-hybridized carbons (Fsp3) is 0.917. The number of piperidine rings is 1. The third-order valence-electron chi connectivity index (χ3n) is 2.86. The zero-order valence-electron chi connectivity index (χ0n) is 11.0. The average molecular weight is 227 g/mol. The van der Waals surface area contributed by atoms with Crippen LogP contribution in [0.4, 0.5) is 4.79 Å². The number of likely N-dealkylation sites (tertiary alicyclic amines) is 1. The van der Waals surface area contributed by atoms with Gasteiger partial charge in [-0.2, -0.15) is 0 Å². The van der Waals surface area contributed by atoms with Crippen molar-refractivity contribution < 1.29 is 4.79 Å². The lowest BCUT2D eigenvalue weighted by atomic mass is 10.1. The van der Waals surface area contributed by atoms with Crippen LogP contribution in [-0.4, -0.2) is 42.1 Å². The Bertz CT molecular complexity index is 227. The topological polar surface area (TPSA) is 44.4 Å². The van der Waals surface area contributed by atoms with Crippen LogP contribution in [0.15, 0.2) is 0 Å². The van der Waals surface area contributed by atoms with Gasteiger partial charge in [0, 0.05) is 24.7 Å². The summed E-state index contributed by atoms with van der Waals surface area (Å²) in [6.07, 6.45) is 2.12. The van der Waals surface area contributed by atoms with Crippen LogP contribution in [0.2, 0.25) is 0 Å². The summed E-state index contributed by atoms with van der Waals surface area (Å²) in [6, 6.07) is 0.299. The van der Waals surface area contributed by atoms with Gasteiger partial charge in [-0.1, -0.05) is 6.92 Å². The van der Waals surface area contributed by atoms with E-state index in [4.69, 9.17) is 0 Å². The maximum atomic E-state index is 11.6. The van der Waals surface area contributed by atoms with Gasteiger partial charge in [0.25, 0.3) is 0 Å². The molecule has 0 saturated carbocycles. The molecule has 1 rings (SSSR count). The van der Waals surface area contributed by atoms with E-state index in [0.29, 0.717) is 6.04 Å². The fourth-order valence-electron chi connectivity index (χ4n) is 1.96. The Hall–Kier alpha value is -0.770. The van der Waals surface area contributed by atoms with Gasteiger partial charge in [-0.25, -0.2) is 4.79 Å². The maximum absolute atomic E-state index is 11.6. The van der Waals surface area contributed by atoms with Gasteiger partial charge in [-0.15, -0.1) is 0 Å². The summed E-state index contributed by atoms with van der Waals surface area (Å²) >= 11 is 0. The molecule has 0 unspecified atom stereocenters. The molecule has 0 aromatic carbocycles. The minimum absolute atomic E-state index is 0.0394. The summed E-state index contributed by atoms with van der Waals surface area (Å²) < 4.78 is 0. The highest BCUT2D eigenvalue weighted by atomic mass is 16.2. The SMILES string of the molecule is CCN1CCC(NC(=O)NC(C)(C)C)CC1. The van der Waals surface area contributed by atoms with Crippen molar-refractivity contribution in [1.29, 1.82) is 0 Å². The van der Waals surface area contributed by atoms with Gasteiger partial charge < -0.3 is 15.5 Å². The molecule has 1 aliphatic rings. The number of carbonyl (C=O) groups is 1. The zero-order valence-corrected chi connectivity index (χ0v) is 11.0. The highest BCUT2D eigenvalue weighted by Gasteiger charge is 2.21. The molecule has 1 heterocycles. The molecule has 1 aliphatic heterocycles. The molecule has 0 aliphatic carbocycles. The second-order valence-corrected chi connectivity index (χ2v) is 5.56.